The summed E-state index contributed by atoms with van der Waals surface area (Å²) < 4.78 is 0. The van der Waals surface area contributed by atoms with Crippen LogP contribution in [-0.4, -0.2) is 10.7 Å². The SMILES string of the molecule is CCCCCCCCCC1(O)CCC=C(C)C1. The predicted octanol–water partition coefficient (Wildman–Crippen LogP) is 4.99. The van der Waals surface area contributed by atoms with Crippen LogP contribution in [0.25, 0.3) is 0 Å². The Bertz CT molecular complexity index is 232. The summed E-state index contributed by atoms with van der Waals surface area (Å²) in [6.07, 6.45) is 15.6. The van der Waals surface area contributed by atoms with Gasteiger partial charge in [-0.25, -0.2) is 0 Å². The van der Waals surface area contributed by atoms with Crippen molar-refractivity contribution in [2.24, 2.45) is 0 Å². The third kappa shape index (κ3) is 6.26. The van der Waals surface area contributed by atoms with Gasteiger partial charge < -0.3 is 5.11 Å². The Labute approximate surface area is 107 Å². The molecular weight excluding hydrogens is 208 g/mol. The van der Waals surface area contributed by atoms with Crippen molar-refractivity contribution in [2.75, 3.05) is 0 Å². The average molecular weight is 238 g/mol. The molecule has 17 heavy (non-hydrogen) atoms. The summed E-state index contributed by atoms with van der Waals surface area (Å²) in [6.45, 7) is 4.41. The fourth-order valence-electron chi connectivity index (χ4n) is 2.89. The van der Waals surface area contributed by atoms with E-state index in [4.69, 9.17) is 0 Å². The Hall–Kier alpha value is -0.300. The largest absolute Gasteiger partial charge is 0.390 e. The number of unbranched alkanes of at least 4 members (excludes halogenated alkanes) is 6. The molecular formula is C16H30O. The number of allylic oxidation sites excluding steroid dienone is 1. The van der Waals surface area contributed by atoms with Gasteiger partial charge in [0.05, 0.1) is 5.60 Å². The van der Waals surface area contributed by atoms with Gasteiger partial charge >= 0.3 is 0 Å². The lowest BCUT2D eigenvalue weighted by Gasteiger charge is -2.31. The molecule has 1 rings (SSSR count). The van der Waals surface area contributed by atoms with Crippen molar-refractivity contribution in [3.8, 4) is 0 Å². The van der Waals surface area contributed by atoms with E-state index in [0.29, 0.717) is 0 Å². The van der Waals surface area contributed by atoms with Crippen LogP contribution in [0.5, 0.6) is 0 Å². The normalized spacial score (nSPS) is 24.8. The average Bonchev–Trinajstić information content (AvgIpc) is 2.27. The van der Waals surface area contributed by atoms with Crippen LogP contribution in [0.15, 0.2) is 11.6 Å². The highest BCUT2D eigenvalue weighted by Crippen LogP contribution is 2.32. The molecule has 1 aliphatic carbocycles. The first-order chi connectivity index (χ1) is 8.16. The van der Waals surface area contributed by atoms with Gasteiger partial charge in [0.1, 0.15) is 0 Å². The Kier molecular flexibility index (Phi) is 6.87. The van der Waals surface area contributed by atoms with Gasteiger partial charge in [0.25, 0.3) is 0 Å². The zero-order valence-electron chi connectivity index (χ0n) is 11.8. The molecule has 0 amide bonds. The van der Waals surface area contributed by atoms with Crippen LogP contribution in [0.3, 0.4) is 0 Å². The minimum Gasteiger partial charge on any atom is -0.390 e. The molecule has 0 radical (unpaired) electrons. The van der Waals surface area contributed by atoms with Crippen LogP contribution in [-0.2, 0) is 0 Å². The second-order valence-corrected chi connectivity index (χ2v) is 5.86. The van der Waals surface area contributed by atoms with Crippen molar-refractivity contribution in [3.05, 3.63) is 11.6 Å². The molecule has 0 heterocycles. The summed E-state index contributed by atoms with van der Waals surface area (Å²) in [5.41, 5.74) is 1.00. The van der Waals surface area contributed by atoms with Gasteiger partial charge in [0.15, 0.2) is 0 Å². The van der Waals surface area contributed by atoms with Crippen LogP contribution in [0, 0.1) is 0 Å². The van der Waals surface area contributed by atoms with Gasteiger partial charge in [-0.2, -0.15) is 0 Å². The second kappa shape index (κ2) is 7.92. The van der Waals surface area contributed by atoms with Crippen LogP contribution in [0.4, 0.5) is 0 Å². The molecule has 0 fully saturated rings. The topological polar surface area (TPSA) is 20.2 Å². The molecule has 0 aliphatic heterocycles. The van der Waals surface area contributed by atoms with Gasteiger partial charge in [-0.05, 0) is 32.6 Å². The molecule has 0 aromatic carbocycles. The summed E-state index contributed by atoms with van der Waals surface area (Å²) in [4.78, 5) is 0. The van der Waals surface area contributed by atoms with Crippen LogP contribution >= 0.6 is 0 Å². The highest BCUT2D eigenvalue weighted by atomic mass is 16.3. The summed E-state index contributed by atoms with van der Waals surface area (Å²) in [7, 11) is 0. The fraction of sp³-hybridized carbons (Fsp3) is 0.875. The van der Waals surface area contributed by atoms with Crippen molar-refractivity contribution in [1.29, 1.82) is 0 Å². The van der Waals surface area contributed by atoms with E-state index in [1.54, 1.807) is 0 Å². The van der Waals surface area contributed by atoms with Crippen LogP contribution < -0.4 is 0 Å². The number of rotatable bonds is 8. The number of aliphatic hydroxyl groups is 1. The smallest absolute Gasteiger partial charge is 0.0687 e. The lowest BCUT2D eigenvalue weighted by atomic mass is 9.81. The van der Waals surface area contributed by atoms with E-state index in [0.717, 1.165) is 25.7 Å². The molecule has 0 aromatic heterocycles. The lowest BCUT2D eigenvalue weighted by Crippen LogP contribution is -2.30. The van der Waals surface area contributed by atoms with E-state index in [1.165, 1.54) is 50.5 Å². The van der Waals surface area contributed by atoms with E-state index >= 15 is 0 Å². The van der Waals surface area contributed by atoms with E-state index in [9.17, 15) is 5.11 Å². The third-order valence-corrected chi connectivity index (χ3v) is 3.96. The Morgan fingerprint density at radius 2 is 1.76 bits per heavy atom. The van der Waals surface area contributed by atoms with Gasteiger partial charge in [0, 0.05) is 0 Å². The summed E-state index contributed by atoms with van der Waals surface area (Å²) in [5, 5.41) is 10.4. The van der Waals surface area contributed by atoms with Gasteiger partial charge in [-0.3, -0.25) is 0 Å². The van der Waals surface area contributed by atoms with Crippen molar-refractivity contribution < 1.29 is 5.11 Å². The maximum absolute atomic E-state index is 10.4. The Morgan fingerprint density at radius 3 is 2.41 bits per heavy atom. The maximum Gasteiger partial charge on any atom is 0.0687 e. The van der Waals surface area contributed by atoms with Crippen LogP contribution in [0.2, 0.25) is 0 Å². The third-order valence-electron chi connectivity index (χ3n) is 3.96. The minimum atomic E-state index is -0.373. The second-order valence-electron chi connectivity index (χ2n) is 5.86. The zero-order chi connectivity index (χ0) is 12.6. The molecule has 0 saturated carbocycles. The molecule has 1 unspecified atom stereocenters. The molecule has 0 aromatic rings. The standard InChI is InChI=1S/C16H30O/c1-3-4-5-6-7-8-9-12-16(17)13-10-11-15(2)14-16/h11,17H,3-10,12-14H2,1-2H3. The van der Waals surface area contributed by atoms with Crippen molar-refractivity contribution in [3.63, 3.8) is 0 Å². The van der Waals surface area contributed by atoms with E-state index in [1.807, 2.05) is 0 Å². The van der Waals surface area contributed by atoms with Gasteiger partial charge in [-0.15, -0.1) is 0 Å². The molecule has 1 nitrogen and oxygen atoms in total. The summed E-state index contributed by atoms with van der Waals surface area (Å²) >= 11 is 0. The fourth-order valence-corrected chi connectivity index (χ4v) is 2.89. The Morgan fingerprint density at radius 1 is 1.12 bits per heavy atom. The Balaban J connectivity index is 2.04. The van der Waals surface area contributed by atoms with E-state index in [2.05, 4.69) is 19.9 Å². The molecule has 1 atom stereocenters. The predicted molar refractivity (Wildman–Crippen MR) is 75.2 cm³/mol. The van der Waals surface area contributed by atoms with Gasteiger partial charge in [0.2, 0.25) is 0 Å². The maximum atomic E-state index is 10.4. The molecule has 0 spiro atoms. The van der Waals surface area contributed by atoms with Crippen molar-refractivity contribution in [2.45, 2.75) is 90.1 Å². The summed E-state index contributed by atoms with van der Waals surface area (Å²) in [6, 6.07) is 0. The van der Waals surface area contributed by atoms with Gasteiger partial charge in [-0.1, -0.05) is 63.5 Å². The molecule has 0 bridgehead atoms. The first-order valence-corrected chi connectivity index (χ1v) is 7.54. The quantitative estimate of drug-likeness (QED) is 0.466. The monoisotopic (exact) mass is 238 g/mol. The first-order valence-electron chi connectivity index (χ1n) is 7.54. The molecule has 1 N–H and O–H groups in total. The number of hydrogen-bond donors (Lipinski definition) is 1. The van der Waals surface area contributed by atoms with Crippen LogP contribution in [0.1, 0.15) is 84.5 Å². The van der Waals surface area contributed by atoms with Crippen molar-refractivity contribution in [1.82, 2.24) is 0 Å². The number of hydrogen-bond acceptors (Lipinski definition) is 1. The molecule has 0 saturated heterocycles. The highest BCUT2D eigenvalue weighted by Gasteiger charge is 2.28. The molecule has 1 aliphatic rings. The van der Waals surface area contributed by atoms with E-state index in [-0.39, 0.29) is 5.60 Å². The van der Waals surface area contributed by atoms with Crippen molar-refractivity contribution >= 4 is 0 Å². The summed E-state index contributed by atoms with van der Waals surface area (Å²) in [5.74, 6) is 0. The zero-order valence-corrected chi connectivity index (χ0v) is 11.8. The first kappa shape index (κ1) is 14.8. The highest BCUT2D eigenvalue weighted by molar-refractivity contribution is 5.08. The minimum absolute atomic E-state index is 0.373. The molecule has 1 heteroatoms. The lowest BCUT2D eigenvalue weighted by molar-refractivity contribution is 0.0172. The molecule has 100 valence electrons. The van der Waals surface area contributed by atoms with E-state index < -0.39 is 0 Å².